The maximum absolute atomic E-state index is 11.5. The molecule has 0 saturated heterocycles. The fourth-order valence-electron chi connectivity index (χ4n) is 9.38. The second kappa shape index (κ2) is 46.8. The number of allylic oxidation sites excluding steroid dienone is 3. The minimum Gasteiger partial charge on any atom is -0.311 e. The summed E-state index contributed by atoms with van der Waals surface area (Å²) in [5.74, 6) is 1.22. The van der Waals surface area contributed by atoms with Crippen LogP contribution >= 0.6 is 61.2 Å². The van der Waals surface area contributed by atoms with Gasteiger partial charge in [0.05, 0.1) is 57.9 Å². The zero-order valence-electron chi connectivity index (χ0n) is 60.9. The van der Waals surface area contributed by atoms with Crippen LogP contribution in [0.5, 0.6) is 0 Å². The predicted molar refractivity (Wildman–Crippen MR) is 423 cm³/mol. The van der Waals surface area contributed by atoms with E-state index in [9.17, 15) is 33.6 Å². The van der Waals surface area contributed by atoms with Crippen LogP contribution in [0.15, 0.2) is 167 Å². The van der Waals surface area contributed by atoms with Crippen LogP contribution in [-0.2, 0) is 52.8 Å². The number of Topliss-reactive ketones (excluding diaryl/α,β-unsaturated/α-hetero) is 7. The molecule has 0 unspecified atom stereocenters. The van der Waals surface area contributed by atoms with E-state index in [1.165, 1.54) is 67.9 Å². The molecular weight excluding hydrogens is 1440 g/mol. The van der Waals surface area contributed by atoms with E-state index in [2.05, 4.69) is 202 Å². The molecule has 2 aromatic heterocycles. The van der Waals surface area contributed by atoms with Gasteiger partial charge in [0.25, 0.3) is 0 Å². The Kier molecular flexibility index (Phi) is 41.8. The SMILES string of the molecule is CNC(C)(C)C(C)=O.CN[C@@H](C(C)=O)c1ccc(-c2sccc2C)cc1.CN[C@H](C)C(C)=O.CN[C@H](CC1=CC=C(Br)C1)C(C)=O.CN[C@H](Cc1ccc(-c2ccccc2)cc1)C(C)=O.CN[C@H](Cc1ccc(-c2scnc2C)cc1)C(C)=O.CN[C@H](Cc1ccc(I)cc1)C(C)=O. The second-order valence-corrected chi connectivity index (χ2v) is 28.4. The van der Waals surface area contributed by atoms with Crippen LogP contribution in [0.25, 0.3) is 32.0 Å². The van der Waals surface area contributed by atoms with Gasteiger partial charge < -0.3 is 37.2 Å². The summed E-state index contributed by atoms with van der Waals surface area (Å²) < 4.78 is 2.41. The Balaban J connectivity index is 0.000000398. The first-order valence-electron chi connectivity index (χ1n) is 32.7. The van der Waals surface area contributed by atoms with Gasteiger partial charge in [0.2, 0.25) is 0 Å². The molecule has 2 heterocycles. The van der Waals surface area contributed by atoms with E-state index in [-0.39, 0.29) is 82.3 Å². The van der Waals surface area contributed by atoms with E-state index in [4.69, 9.17) is 0 Å². The summed E-state index contributed by atoms with van der Waals surface area (Å²) >= 11 is 9.10. The zero-order chi connectivity index (χ0) is 73.7. The van der Waals surface area contributed by atoms with E-state index in [1.54, 1.807) is 85.2 Å². The average Bonchev–Trinajstić information content (AvgIpc) is 1.83. The van der Waals surface area contributed by atoms with E-state index in [0.29, 0.717) is 0 Å². The molecule has 0 radical (unpaired) electrons. The molecule has 7 N–H and O–H groups in total. The van der Waals surface area contributed by atoms with E-state index >= 15 is 0 Å². The maximum atomic E-state index is 11.5. The van der Waals surface area contributed by atoms with Crippen molar-refractivity contribution < 1.29 is 33.6 Å². The molecule has 19 heteroatoms. The third-order valence-corrected chi connectivity index (χ3v) is 19.9. The van der Waals surface area contributed by atoms with Gasteiger partial charge in [-0.25, -0.2) is 4.98 Å². The highest BCUT2D eigenvalue weighted by Crippen LogP contribution is 2.31. The van der Waals surface area contributed by atoms with Crippen molar-refractivity contribution in [2.45, 2.75) is 157 Å². The van der Waals surface area contributed by atoms with Gasteiger partial charge in [0, 0.05) is 14.9 Å². The lowest BCUT2D eigenvalue weighted by molar-refractivity contribution is -0.122. The van der Waals surface area contributed by atoms with Crippen molar-refractivity contribution in [2.24, 2.45) is 0 Å². The van der Waals surface area contributed by atoms with Gasteiger partial charge in [-0.15, -0.1) is 22.7 Å². The molecule has 1 aliphatic rings. The summed E-state index contributed by atoms with van der Waals surface area (Å²) in [5.41, 5.74) is 14.6. The van der Waals surface area contributed by atoms with Gasteiger partial charge in [-0.2, -0.15) is 0 Å². The number of halogens is 2. The quantitative estimate of drug-likeness (QED) is 0.0251. The molecule has 0 amide bonds. The van der Waals surface area contributed by atoms with Gasteiger partial charge in [-0.1, -0.05) is 149 Å². The Morgan fingerprint density at radius 2 is 0.908 bits per heavy atom. The Morgan fingerprint density at radius 1 is 0.490 bits per heavy atom. The Morgan fingerprint density at radius 3 is 1.22 bits per heavy atom. The zero-order valence-corrected chi connectivity index (χ0v) is 66.3. The number of aromatic nitrogens is 1. The molecule has 7 aromatic rings. The molecule has 0 aliphatic heterocycles. The summed E-state index contributed by atoms with van der Waals surface area (Å²) in [6.45, 7) is 20.9. The molecule has 0 bridgehead atoms. The first kappa shape index (κ1) is 87.6. The lowest BCUT2D eigenvalue weighted by Crippen LogP contribution is -2.42. The van der Waals surface area contributed by atoms with Crippen LogP contribution in [0.4, 0.5) is 0 Å². The smallest absolute Gasteiger partial charge is 0.151 e. The van der Waals surface area contributed by atoms with Crippen molar-refractivity contribution in [1.82, 2.24) is 42.2 Å². The predicted octanol–water partition coefficient (Wildman–Crippen LogP) is 14.4. The molecule has 530 valence electrons. The lowest BCUT2D eigenvalue weighted by atomic mass is 9.99. The number of carbonyl (C=O) groups is 7. The maximum Gasteiger partial charge on any atom is 0.151 e. The fourth-order valence-corrected chi connectivity index (χ4v) is 12.0. The van der Waals surface area contributed by atoms with Gasteiger partial charge in [-0.05, 0) is 259 Å². The second-order valence-electron chi connectivity index (χ2n) is 24.3. The summed E-state index contributed by atoms with van der Waals surface area (Å²) in [4.78, 5) is 84.3. The van der Waals surface area contributed by atoms with Gasteiger partial charge >= 0.3 is 0 Å². The Hall–Kier alpha value is -6.47. The highest BCUT2D eigenvalue weighted by Gasteiger charge is 2.21. The van der Waals surface area contributed by atoms with Crippen LogP contribution in [0, 0.1) is 17.4 Å². The van der Waals surface area contributed by atoms with Crippen molar-refractivity contribution in [1.29, 1.82) is 0 Å². The standard InChI is InChI=1S/C17H19NO.C15H18N2OS.C15H17NOS.C11H14INO.C10H14BrNO.C6H13NO.C5H11NO/c1-13(19)17(18-2)12-14-8-10-16(11-9-14)15-6-4-3-5-7-15;1-10-15(19-9-17-10)13-6-4-12(5-7-13)8-14(16-3)11(2)18;1-10-8-9-18-15(10)13-6-4-12(5-7-13)14(16-3)11(2)17;1-8(14)11(13-2)7-9-3-5-10(12)6-4-9;1-7(13)10(12-2)6-8-3-4-9(11)5-8;1-5(8)6(2,3)7-4;1-4(6-3)5(2)7/h3-11,17-18H,12H2,1-2H3;4-7,9,14,16H,8H2,1-3H3;4-9,14,16H,1-3H3;3-6,11,13H,7H2,1-2H3;3-4,10,12H,5-6H2,1-2H3;7H,1-4H3;4,6H,1-3H3/t17-;2*14-;11-;10-;;4-/m11011.1/s1. The number of hydrogen-bond donors (Lipinski definition) is 7. The van der Waals surface area contributed by atoms with Gasteiger partial charge in [0.15, 0.2) is 5.78 Å². The van der Waals surface area contributed by atoms with E-state index < -0.39 is 0 Å². The third-order valence-electron chi connectivity index (χ3n) is 16.6. The third kappa shape index (κ3) is 32.2. The average molecular weight is 1550 g/mol. The first-order valence-corrected chi connectivity index (χ1v) is 36.4. The normalized spacial score (nSPS) is 13.1. The highest BCUT2D eigenvalue weighted by atomic mass is 127. The summed E-state index contributed by atoms with van der Waals surface area (Å²) in [7, 11) is 12.6. The van der Waals surface area contributed by atoms with Crippen LogP contribution < -0.4 is 37.2 Å². The number of likely N-dealkylation sites (N-methyl/N-ethyl adjacent to an activating group) is 7. The molecule has 1 aliphatic carbocycles. The number of aryl methyl sites for hydroxylation is 2. The minimum absolute atomic E-state index is 0.0139. The Bertz CT molecular complexity index is 3630. The molecular formula is C79H106BrIN8O7S2. The van der Waals surface area contributed by atoms with Crippen molar-refractivity contribution in [3.63, 3.8) is 0 Å². The van der Waals surface area contributed by atoms with Crippen molar-refractivity contribution in [3.8, 4) is 32.0 Å². The largest absolute Gasteiger partial charge is 0.311 e. The molecule has 5 aromatic carbocycles. The summed E-state index contributed by atoms with van der Waals surface area (Å²) in [5, 5.41) is 23.0. The van der Waals surface area contributed by atoms with Crippen LogP contribution in [0.3, 0.4) is 0 Å². The monoisotopic (exact) mass is 1550 g/mol. The van der Waals surface area contributed by atoms with Crippen molar-refractivity contribution in [3.05, 3.63) is 204 Å². The minimum atomic E-state index is -0.347. The lowest BCUT2D eigenvalue weighted by Gasteiger charge is -2.19. The molecule has 15 nitrogen and oxygen atoms in total. The summed E-state index contributed by atoms with van der Waals surface area (Å²) in [6, 6.07) is 45.2. The van der Waals surface area contributed by atoms with Crippen LogP contribution in [0.1, 0.15) is 122 Å². The Labute approximate surface area is 614 Å². The number of nitrogens with one attached hydrogen (secondary N) is 7. The highest BCUT2D eigenvalue weighted by molar-refractivity contribution is 14.1. The van der Waals surface area contributed by atoms with Gasteiger partial charge in [0.1, 0.15) is 34.7 Å². The number of thiazole rings is 1. The number of carbonyl (C=O) groups excluding carboxylic acids is 7. The first-order chi connectivity index (χ1) is 46.4. The van der Waals surface area contributed by atoms with Crippen molar-refractivity contribution >= 4 is 102 Å². The van der Waals surface area contributed by atoms with Crippen LogP contribution in [0.2, 0.25) is 0 Å². The summed E-state index contributed by atoms with van der Waals surface area (Å²) in [6.07, 6.45) is 8.12. The number of nitrogens with zero attached hydrogens (tertiary/aromatic N) is 1. The van der Waals surface area contributed by atoms with Gasteiger partial charge in [-0.3, -0.25) is 33.6 Å². The van der Waals surface area contributed by atoms with E-state index in [1.807, 2.05) is 105 Å². The van der Waals surface area contributed by atoms with Crippen LogP contribution in [-0.4, -0.2) is 131 Å². The number of ketones is 7. The fraction of sp³-hybridized carbons (Fsp3) is 0.392. The molecule has 0 saturated carbocycles. The molecule has 0 fully saturated rings. The number of rotatable bonds is 26. The number of hydrogen-bond acceptors (Lipinski definition) is 17. The van der Waals surface area contributed by atoms with E-state index in [0.717, 1.165) is 43.4 Å². The molecule has 6 atom stereocenters. The molecule has 98 heavy (non-hydrogen) atoms. The molecule has 0 spiro atoms. The number of benzene rings is 5. The van der Waals surface area contributed by atoms with Crippen molar-refractivity contribution in [2.75, 3.05) is 49.3 Å². The number of thiophene rings is 1. The molecule has 8 rings (SSSR count). The topological polar surface area (TPSA) is 217 Å².